The molecule has 11 heteroatoms. The van der Waals surface area contributed by atoms with E-state index in [-0.39, 0.29) is 11.6 Å². The number of nitrogens with one attached hydrogen (secondary N) is 3. The first-order valence-corrected chi connectivity index (χ1v) is 14.9. The van der Waals surface area contributed by atoms with Crippen molar-refractivity contribution < 1.29 is 19.1 Å². The van der Waals surface area contributed by atoms with Crippen LogP contribution in [0.25, 0.3) is 6.08 Å². The van der Waals surface area contributed by atoms with E-state index in [4.69, 9.17) is 39.5 Å². The number of benzene rings is 4. The number of carbonyl (C=O) groups excluding carboxylic acids is 3. The summed E-state index contributed by atoms with van der Waals surface area (Å²) >= 11 is 19.8. The molecule has 4 rings (SSSR count). The summed E-state index contributed by atoms with van der Waals surface area (Å²) < 4.78 is 5.15. The molecule has 1 unspecified atom stereocenters. The first-order valence-electron chi connectivity index (χ1n) is 12.9. The van der Waals surface area contributed by atoms with Gasteiger partial charge in [-0.05, 0) is 79.2 Å². The number of hydrogen-bond acceptors (Lipinski definition) is 5. The molecule has 4 aromatic rings. The van der Waals surface area contributed by atoms with E-state index in [1.165, 1.54) is 24.9 Å². The maximum atomic E-state index is 13.4. The minimum absolute atomic E-state index is 0.0259. The second kappa shape index (κ2) is 15.0. The van der Waals surface area contributed by atoms with Crippen molar-refractivity contribution in [3.63, 3.8) is 0 Å². The average molecular weight is 655 g/mol. The fraction of sp³-hybridized carbons (Fsp3) is 0.0938. The van der Waals surface area contributed by atoms with Crippen LogP contribution in [-0.2, 0) is 9.59 Å². The van der Waals surface area contributed by atoms with E-state index in [0.29, 0.717) is 43.3 Å². The second-order valence-electron chi connectivity index (χ2n) is 9.12. The third-order valence-corrected chi connectivity index (χ3v) is 7.94. The van der Waals surface area contributed by atoms with Crippen LogP contribution in [0.5, 0.6) is 5.75 Å². The Morgan fingerprint density at radius 3 is 2.26 bits per heavy atom. The van der Waals surface area contributed by atoms with E-state index in [1.54, 1.807) is 91.9 Å². The minimum Gasteiger partial charge on any atom is -0.495 e. The topological polar surface area (TPSA) is 96.5 Å². The third-order valence-electron chi connectivity index (χ3n) is 5.98. The highest BCUT2D eigenvalue weighted by Crippen LogP contribution is 2.30. The van der Waals surface area contributed by atoms with Gasteiger partial charge in [0.15, 0.2) is 0 Å². The molecule has 3 N–H and O–H groups in total. The lowest BCUT2D eigenvalue weighted by Crippen LogP contribution is -2.30. The Morgan fingerprint density at radius 1 is 0.814 bits per heavy atom. The van der Waals surface area contributed by atoms with Gasteiger partial charge in [0, 0.05) is 31.9 Å². The van der Waals surface area contributed by atoms with Crippen LogP contribution < -0.4 is 20.7 Å². The average Bonchev–Trinajstić information content (AvgIpc) is 2.98. The number of amides is 3. The van der Waals surface area contributed by atoms with Gasteiger partial charge >= 0.3 is 0 Å². The Kier molecular flexibility index (Phi) is 11.1. The van der Waals surface area contributed by atoms with E-state index in [1.807, 2.05) is 6.07 Å². The van der Waals surface area contributed by atoms with Crippen molar-refractivity contribution in [3.8, 4) is 5.75 Å². The standard InChI is InChI=1S/C32H26Cl3N3O4S/c1-19(30(39)36-24-13-14-29(42-2)27(35)18-24)43-25-10-6-9-23(17-25)37-32(41)28(15-21-11-12-22(33)16-26(21)34)38-31(40)20-7-4-3-5-8-20/h3-19H,1-2H3,(H,36,39)(H,37,41)(H,38,40)/b28-15+. The van der Waals surface area contributed by atoms with Crippen molar-refractivity contribution in [2.75, 3.05) is 17.7 Å². The third kappa shape index (κ3) is 9.02. The molecule has 0 heterocycles. The summed E-state index contributed by atoms with van der Waals surface area (Å²) in [6, 6.07) is 25.4. The molecule has 0 fully saturated rings. The maximum Gasteiger partial charge on any atom is 0.272 e. The summed E-state index contributed by atoms with van der Waals surface area (Å²) in [5.41, 5.74) is 1.86. The van der Waals surface area contributed by atoms with Gasteiger partial charge in [-0.25, -0.2) is 0 Å². The Bertz CT molecular complexity index is 1680. The summed E-state index contributed by atoms with van der Waals surface area (Å²) in [6.45, 7) is 1.77. The number of carbonyl (C=O) groups is 3. The molecule has 0 bridgehead atoms. The van der Waals surface area contributed by atoms with Crippen LogP contribution >= 0.6 is 46.6 Å². The highest BCUT2D eigenvalue weighted by molar-refractivity contribution is 8.00. The van der Waals surface area contributed by atoms with Crippen LogP contribution in [0.15, 0.2) is 102 Å². The Labute approximate surface area is 268 Å². The Balaban J connectivity index is 1.49. The quantitative estimate of drug-likeness (QED) is 0.118. The summed E-state index contributed by atoms with van der Waals surface area (Å²) in [5.74, 6) is -0.752. The SMILES string of the molecule is COc1ccc(NC(=O)C(C)Sc2cccc(NC(=O)/C(=C\c3ccc(Cl)cc3Cl)NC(=O)c3ccccc3)c2)cc1Cl. The van der Waals surface area contributed by atoms with Gasteiger partial charge < -0.3 is 20.7 Å². The molecule has 43 heavy (non-hydrogen) atoms. The number of ether oxygens (including phenoxy) is 1. The molecule has 220 valence electrons. The molecule has 0 saturated heterocycles. The molecule has 0 saturated carbocycles. The van der Waals surface area contributed by atoms with Crippen LogP contribution in [0.2, 0.25) is 15.1 Å². The molecule has 0 aliphatic carbocycles. The van der Waals surface area contributed by atoms with Crippen LogP contribution in [0.4, 0.5) is 11.4 Å². The molecule has 4 aromatic carbocycles. The normalized spacial score (nSPS) is 11.8. The fourth-order valence-electron chi connectivity index (χ4n) is 3.81. The van der Waals surface area contributed by atoms with Crippen molar-refractivity contribution >= 4 is 81.7 Å². The van der Waals surface area contributed by atoms with Gasteiger partial charge in [0.2, 0.25) is 5.91 Å². The molecule has 3 amide bonds. The number of hydrogen-bond donors (Lipinski definition) is 3. The van der Waals surface area contributed by atoms with Crippen molar-refractivity contribution in [2.24, 2.45) is 0 Å². The molecule has 0 aliphatic heterocycles. The van der Waals surface area contributed by atoms with Gasteiger partial charge in [-0.2, -0.15) is 0 Å². The van der Waals surface area contributed by atoms with Crippen molar-refractivity contribution in [1.29, 1.82) is 0 Å². The Morgan fingerprint density at radius 2 is 1.56 bits per heavy atom. The lowest BCUT2D eigenvalue weighted by atomic mass is 10.1. The Hall–Kier alpha value is -3.95. The summed E-state index contributed by atoms with van der Waals surface area (Å²) in [7, 11) is 1.52. The van der Waals surface area contributed by atoms with E-state index in [9.17, 15) is 14.4 Å². The molecule has 0 radical (unpaired) electrons. The van der Waals surface area contributed by atoms with E-state index < -0.39 is 17.1 Å². The molecule has 7 nitrogen and oxygen atoms in total. The monoisotopic (exact) mass is 653 g/mol. The van der Waals surface area contributed by atoms with E-state index in [2.05, 4.69) is 16.0 Å². The number of anilines is 2. The molecular formula is C32H26Cl3N3O4S. The van der Waals surface area contributed by atoms with Gasteiger partial charge in [-0.1, -0.05) is 65.1 Å². The molecular weight excluding hydrogens is 629 g/mol. The number of methoxy groups -OCH3 is 1. The molecule has 0 spiro atoms. The van der Waals surface area contributed by atoms with Gasteiger partial charge in [-0.15, -0.1) is 11.8 Å². The summed E-state index contributed by atoms with van der Waals surface area (Å²) in [4.78, 5) is 39.9. The highest BCUT2D eigenvalue weighted by atomic mass is 35.5. The number of rotatable bonds is 10. The molecule has 0 aliphatic rings. The van der Waals surface area contributed by atoms with Crippen molar-refractivity contribution in [1.82, 2.24) is 5.32 Å². The van der Waals surface area contributed by atoms with E-state index in [0.717, 1.165) is 4.90 Å². The zero-order chi connectivity index (χ0) is 30.9. The van der Waals surface area contributed by atoms with Gasteiger partial charge in [0.25, 0.3) is 11.8 Å². The van der Waals surface area contributed by atoms with Crippen LogP contribution in [0, 0.1) is 0 Å². The van der Waals surface area contributed by atoms with Gasteiger partial charge in [0.05, 0.1) is 17.4 Å². The first-order chi connectivity index (χ1) is 20.6. The number of thioether (sulfide) groups is 1. The molecule has 0 aromatic heterocycles. The molecule has 1 atom stereocenters. The minimum atomic E-state index is -0.570. The van der Waals surface area contributed by atoms with Crippen LogP contribution in [0.3, 0.4) is 0 Å². The lowest BCUT2D eigenvalue weighted by molar-refractivity contribution is -0.115. The maximum absolute atomic E-state index is 13.4. The number of halogens is 3. The second-order valence-corrected chi connectivity index (χ2v) is 11.8. The highest BCUT2D eigenvalue weighted by Gasteiger charge is 2.18. The summed E-state index contributed by atoms with van der Waals surface area (Å²) in [5, 5.41) is 9.01. The van der Waals surface area contributed by atoms with Crippen LogP contribution in [-0.4, -0.2) is 30.1 Å². The van der Waals surface area contributed by atoms with Crippen molar-refractivity contribution in [2.45, 2.75) is 17.1 Å². The van der Waals surface area contributed by atoms with Gasteiger partial charge in [-0.3, -0.25) is 14.4 Å². The first kappa shape index (κ1) is 32.0. The van der Waals surface area contributed by atoms with Crippen LogP contribution in [0.1, 0.15) is 22.8 Å². The predicted molar refractivity (Wildman–Crippen MR) is 175 cm³/mol. The zero-order valence-corrected chi connectivity index (χ0v) is 26.1. The fourth-order valence-corrected chi connectivity index (χ4v) is 5.45. The van der Waals surface area contributed by atoms with Crippen molar-refractivity contribution in [3.05, 3.63) is 123 Å². The summed E-state index contributed by atoms with van der Waals surface area (Å²) in [6.07, 6.45) is 1.48. The lowest BCUT2D eigenvalue weighted by Gasteiger charge is -2.15. The smallest absolute Gasteiger partial charge is 0.272 e. The predicted octanol–water partition coefficient (Wildman–Crippen LogP) is 8.18. The van der Waals surface area contributed by atoms with E-state index >= 15 is 0 Å². The largest absolute Gasteiger partial charge is 0.495 e. The zero-order valence-electron chi connectivity index (χ0n) is 23.0. The van der Waals surface area contributed by atoms with Gasteiger partial charge in [0.1, 0.15) is 11.4 Å².